The molecule has 0 spiro atoms. The first-order valence-electron chi connectivity index (χ1n) is 6.38. The monoisotopic (exact) mass is 300 g/mol. The van der Waals surface area contributed by atoms with Crippen molar-refractivity contribution in [3.05, 3.63) is 29.6 Å². The molecule has 0 aliphatic carbocycles. The van der Waals surface area contributed by atoms with Crippen molar-refractivity contribution in [1.82, 2.24) is 0 Å². The number of halogens is 1. The molecule has 1 aliphatic rings. The van der Waals surface area contributed by atoms with Crippen LogP contribution in [0.15, 0.2) is 18.2 Å². The molecule has 0 aromatic heterocycles. The summed E-state index contributed by atoms with van der Waals surface area (Å²) in [6, 6.07) is 4.00. The van der Waals surface area contributed by atoms with Gasteiger partial charge < -0.3 is 9.47 Å². The second-order valence-corrected chi connectivity index (χ2v) is 6.36. The van der Waals surface area contributed by atoms with Crippen LogP contribution in [0, 0.1) is 5.82 Å². The molecule has 20 heavy (non-hydrogen) atoms. The fourth-order valence-corrected chi connectivity index (χ4v) is 3.72. The van der Waals surface area contributed by atoms with Gasteiger partial charge in [0.1, 0.15) is 0 Å². The molecule has 0 amide bonds. The number of hydrogen-bond acceptors (Lipinski definition) is 4. The lowest BCUT2D eigenvalue weighted by Gasteiger charge is -2.13. The lowest BCUT2D eigenvalue weighted by Crippen LogP contribution is -2.27. The maximum absolute atomic E-state index is 13.5. The van der Waals surface area contributed by atoms with Crippen molar-refractivity contribution >= 4 is 16.6 Å². The summed E-state index contributed by atoms with van der Waals surface area (Å²) in [5.74, 6) is -0.949. The summed E-state index contributed by atoms with van der Waals surface area (Å²) < 4.78 is 35.8. The molecule has 110 valence electrons. The standard InChI is InChI=1S/C14H17FO4S/c1-9-14(5-6-19-9)20(17)8-12(16)10-3-4-13(18-2)11(15)7-10/h3-4,7,9,14H,5-6,8H2,1-2H3. The van der Waals surface area contributed by atoms with E-state index in [4.69, 9.17) is 9.47 Å². The third-order valence-corrected chi connectivity index (χ3v) is 5.23. The van der Waals surface area contributed by atoms with Crippen LogP contribution in [0.2, 0.25) is 0 Å². The minimum Gasteiger partial charge on any atom is -0.494 e. The number of rotatable bonds is 5. The van der Waals surface area contributed by atoms with E-state index in [1.165, 1.54) is 19.2 Å². The van der Waals surface area contributed by atoms with E-state index in [-0.39, 0.29) is 34.2 Å². The summed E-state index contributed by atoms with van der Waals surface area (Å²) in [4.78, 5) is 12.0. The molecule has 0 saturated carbocycles. The fourth-order valence-electron chi connectivity index (χ4n) is 2.22. The topological polar surface area (TPSA) is 52.6 Å². The van der Waals surface area contributed by atoms with Crippen molar-refractivity contribution in [3.63, 3.8) is 0 Å². The third-order valence-electron chi connectivity index (χ3n) is 3.39. The lowest BCUT2D eigenvalue weighted by atomic mass is 10.1. The Bertz CT molecular complexity index is 532. The number of benzene rings is 1. The molecule has 1 aromatic rings. The molecule has 2 rings (SSSR count). The molecule has 1 heterocycles. The molecule has 3 atom stereocenters. The van der Waals surface area contributed by atoms with Crippen molar-refractivity contribution in [2.24, 2.45) is 0 Å². The van der Waals surface area contributed by atoms with E-state index in [0.29, 0.717) is 13.0 Å². The van der Waals surface area contributed by atoms with Gasteiger partial charge in [-0.2, -0.15) is 0 Å². The molecule has 1 saturated heterocycles. The van der Waals surface area contributed by atoms with Crippen LogP contribution in [-0.4, -0.2) is 40.8 Å². The average molecular weight is 300 g/mol. The number of carbonyl (C=O) groups is 1. The summed E-state index contributed by atoms with van der Waals surface area (Å²) in [6.07, 6.45) is 0.592. The Hall–Kier alpha value is -1.27. The second kappa shape index (κ2) is 6.45. The van der Waals surface area contributed by atoms with Crippen LogP contribution in [0.3, 0.4) is 0 Å². The van der Waals surface area contributed by atoms with Gasteiger partial charge in [-0.25, -0.2) is 4.39 Å². The molecule has 1 fully saturated rings. The van der Waals surface area contributed by atoms with E-state index in [1.807, 2.05) is 6.92 Å². The first-order chi connectivity index (χ1) is 9.52. The SMILES string of the molecule is COc1ccc(C(=O)CS(=O)C2CCOC2C)cc1F. The van der Waals surface area contributed by atoms with Crippen molar-refractivity contribution in [1.29, 1.82) is 0 Å². The van der Waals surface area contributed by atoms with Gasteiger partial charge in [-0.15, -0.1) is 0 Å². The smallest absolute Gasteiger partial charge is 0.175 e. The zero-order valence-electron chi connectivity index (χ0n) is 11.4. The minimum atomic E-state index is -1.30. The summed E-state index contributed by atoms with van der Waals surface area (Å²) >= 11 is 0. The third kappa shape index (κ3) is 3.24. The quantitative estimate of drug-likeness (QED) is 0.780. The van der Waals surface area contributed by atoms with Crippen LogP contribution in [0.25, 0.3) is 0 Å². The minimum absolute atomic E-state index is 0.0838. The fraction of sp³-hybridized carbons (Fsp3) is 0.500. The summed E-state index contributed by atoms with van der Waals surface area (Å²) in [5, 5.41) is -0.123. The van der Waals surface area contributed by atoms with Crippen LogP contribution in [0.1, 0.15) is 23.7 Å². The number of methoxy groups -OCH3 is 1. The molecule has 0 bridgehead atoms. The number of ether oxygens (including phenoxy) is 2. The Balaban J connectivity index is 2.04. The Morgan fingerprint density at radius 3 is 2.85 bits per heavy atom. The van der Waals surface area contributed by atoms with E-state index < -0.39 is 16.6 Å². The van der Waals surface area contributed by atoms with Crippen molar-refractivity contribution in [2.75, 3.05) is 19.5 Å². The number of ketones is 1. The highest BCUT2D eigenvalue weighted by Crippen LogP contribution is 2.21. The largest absolute Gasteiger partial charge is 0.494 e. The maximum Gasteiger partial charge on any atom is 0.175 e. The lowest BCUT2D eigenvalue weighted by molar-refractivity contribution is 0.102. The summed E-state index contributed by atoms with van der Waals surface area (Å²) in [7, 11) is 0.0596. The van der Waals surface area contributed by atoms with Gasteiger partial charge in [-0.05, 0) is 31.5 Å². The first kappa shape index (κ1) is 15.1. The predicted molar refractivity (Wildman–Crippen MR) is 74.1 cm³/mol. The maximum atomic E-state index is 13.5. The molecule has 4 nitrogen and oxygen atoms in total. The Morgan fingerprint density at radius 1 is 1.55 bits per heavy atom. The van der Waals surface area contributed by atoms with Gasteiger partial charge in [-0.1, -0.05) is 0 Å². The normalized spacial score (nSPS) is 23.6. The Kier molecular flexibility index (Phi) is 4.88. The van der Waals surface area contributed by atoms with Gasteiger partial charge >= 0.3 is 0 Å². The van der Waals surface area contributed by atoms with Crippen molar-refractivity contribution < 1.29 is 22.9 Å². The van der Waals surface area contributed by atoms with Gasteiger partial charge in [0.05, 0.1) is 24.2 Å². The predicted octanol–water partition coefficient (Wildman–Crippen LogP) is 1.94. The second-order valence-electron chi connectivity index (χ2n) is 4.70. The van der Waals surface area contributed by atoms with E-state index >= 15 is 0 Å². The zero-order chi connectivity index (χ0) is 14.7. The average Bonchev–Trinajstić information content (AvgIpc) is 2.84. The molecule has 1 aliphatic heterocycles. The Labute approximate surface area is 119 Å². The molecule has 0 N–H and O–H groups in total. The first-order valence-corrected chi connectivity index (χ1v) is 7.76. The molecule has 6 heteroatoms. The number of Topliss-reactive ketones (excluding diaryl/α,β-unsaturated/α-hetero) is 1. The highest BCUT2D eigenvalue weighted by atomic mass is 32.2. The summed E-state index contributed by atoms with van der Waals surface area (Å²) in [6.45, 7) is 2.43. The van der Waals surface area contributed by atoms with Gasteiger partial charge in [0.2, 0.25) is 0 Å². The zero-order valence-corrected chi connectivity index (χ0v) is 12.2. The molecular formula is C14H17FO4S. The van der Waals surface area contributed by atoms with Crippen molar-refractivity contribution in [2.45, 2.75) is 24.7 Å². The van der Waals surface area contributed by atoms with Crippen LogP contribution in [0.5, 0.6) is 5.75 Å². The summed E-state index contributed by atoms with van der Waals surface area (Å²) in [5.41, 5.74) is 0.211. The van der Waals surface area contributed by atoms with Gasteiger partial charge in [-0.3, -0.25) is 9.00 Å². The molecule has 0 radical (unpaired) electrons. The van der Waals surface area contributed by atoms with Crippen molar-refractivity contribution in [3.8, 4) is 5.75 Å². The van der Waals surface area contributed by atoms with Crippen LogP contribution in [0.4, 0.5) is 4.39 Å². The van der Waals surface area contributed by atoms with Gasteiger partial charge in [0.15, 0.2) is 17.3 Å². The highest BCUT2D eigenvalue weighted by Gasteiger charge is 2.30. The molecule has 3 unspecified atom stereocenters. The van der Waals surface area contributed by atoms with E-state index in [9.17, 15) is 13.4 Å². The molecular weight excluding hydrogens is 283 g/mol. The van der Waals surface area contributed by atoms with Crippen LogP contribution >= 0.6 is 0 Å². The molecule has 1 aromatic carbocycles. The van der Waals surface area contributed by atoms with Gasteiger partial charge in [0, 0.05) is 23.0 Å². The van der Waals surface area contributed by atoms with E-state index in [1.54, 1.807) is 0 Å². The Morgan fingerprint density at radius 2 is 2.30 bits per heavy atom. The van der Waals surface area contributed by atoms with E-state index in [0.717, 1.165) is 6.07 Å². The number of carbonyl (C=O) groups excluding carboxylic acids is 1. The number of hydrogen-bond donors (Lipinski definition) is 0. The van der Waals surface area contributed by atoms with Crippen LogP contribution < -0.4 is 4.74 Å². The highest BCUT2D eigenvalue weighted by molar-refractivity contribution is 7.86. The van der Waals surface area contributed by atoms with Crippen LogP contribution in [-0.2, 0) is 15.5 Å². The van der Waals surface area contributed by atoms with E-state index in [2.05, 4.69) is 0 Å². The van der Waals surface area contributed by atoms with Gasteiger partial charge in [0.25, 0.3) is 0 Å².